The number of rotatable bonds is 8. The number of aldehydes is 1. The fraction of sp³-hybridized carbons (Fsp3) is 0.423. The molecule has 32 heavy (non-hydrogen) atoms. The molecule has 0 N–H and O–H groups in total. The van der Waals surface area contributed by atoms with Crippen LogP contribution in [0.4, 0.5) is 0 Å². The molecule has 6 heteroatoms. The summed E-state index contributed by atoms with van der Waals surface area (Å²) in [4.78, 5) is 14.3. The van der Waals surface area contributed by atoms with E-state index in [1.54, 1.807) is 28.4 Å². The van der Waals surface area contributed by atoms with Crippen LogP contribution in [0.15, 0.2) is 18.2 Å². The highest BCUT2D eigenvalue weighted by atomic mass is 16.5. The SMILES string of the molecule is CCCCN1CCc2c(c3cc(C=O)c(OC)cc3c3c(OC)c(OC)c(OC)cc23)C1. The molecule has 0 amide bonds. The van der Waals surface area contributed by atoms with Crippen LogP contribution in [0.5, 0.6) is 23.0 Å². The molecule has 6 nitrogen and oxygen atoms in total. The second-order valence-electron chi connectivity index (χ2n) is 8.16. The Morgan fingerprint density at radius 3 is 2.22 bits per heavy atom. The molecule has 3 aromatic carbocycles. The molecule has 0 fully saturated rings. The Labute approximate surface area is 189 Å². The largest absolute Gasteiger partial charge is 0.496 e. The van der Waals surface area contributed by atoms with Gasteiger partial charge in [0.2, 0.25) is 5.75 Å². The zero-order chi connectivity index (χ0) is 22.8. The van der Waals surface area contributed by atoms with Crippen molar-refractivity contribution in [2.45, 2.75) is 32.7 Å². The smallest absolute Gasteiger partial charge is 0.203 e. The standard InChI is InChI=1S/C26H31NO5/c1-6-7-9-27-10-8-17-19-13-23(30-3)25(31-4)26(32-5)24(19)20-12-22(29-2)16(15-28)11-18(20)21(17)14-27/h11-13,15H,6-10,14H2,1-5H3. The van der Waals surface area contributed by atoms with Gasteiger partial charge in [0.15, 0.2) is 17.8 Å². The highest BCUT2D eigenvalue weighted by molar-refractivity contribution is 6.16. The van der Waals surface area contributed by atoms with E-state index < -0.39 is 0 Å². The summed E-state index contributed by atoms with van der Waals surface area (Å²) in [5.41, 5.74) is 3.09. The molecular formula is C26H31NO5. The molecule has 0 saturated carbocycles. The lowest BCUT2D eigenvalue weighted by Gasteiger charge is -2.31. The topological polar surface area (TPSA) is 57.2 Å². The summed E-state index contributed by atoms with van der Waals surface area (Å²) >= 11 is 0. The van der Waals surface area contributed by atoms with Crippen molar-refractivity contribution in [3.8, 4) is 23.0 Å². The lowest BCUT2D eigenvalue weighted by Crippen LogP contribution is -2.31. The van der Waals surface area contributed by atoms with Gasteiger partial charge in [-0.05, 0) is 64.9 Å². The number of ether oxygens (including phenoxy) is 4. The third kappa shape index (κ3) is 3.52. The Bertz CT molecular complexity index is 1170. The minimum absolute atomic E-state index is 0.546. The minimum Gasteiger partial charge on any atom is -0.496 e. The normalized spacial score (nSPS) is 13.8. The molecule has 1 heterocycles. The Morgan fingerprint density at radius 2 is 1.59 bits per heavy atom. The van der Waals surface area contributed by atoms with E-state index in [0.717, 1.165) is 53.9 Å². The van der Waals surface area contributed by atoms with Crippen molar-refractivity contribution in [1.29, 1.82) is 0 Å². The number of unbranched alkanes of at least 4 members (excludes halogenated alkanes) is 1. The van der Waals surface area contributed by atoms with E-state index in [-0.39, 0.29) is 0 Å². The summed E-state index contributed by atoms with van der Waals surface area (Å²) in [5, 5.41) is 4.09. The lowest BCUT2D eigenvalue weighted by molar-refractivity contribution is 0.112. The summed E-state index contributed by atoms with van der Waals surface area (Å²) in [7, 11) is 6.49. The average Bonchev–Trinajstić information content (AvgIpc) is 2.84. The molecule has 0 bridgehead atoms. The first-order valence-electron chi connectivity index (χ1n) is 11.1. The maximum atomic E-state index is 11.8. The molecule has 0 unspecified atom stereocenters. The van der Waals surface area contributed by atoms with Crippen LogP contribution in [-0.4, -0.2) is 52.7 Å². The molecule has 0 atom stereocenters. The number of nitrogens with zero attached hydrogens (tertiary/aromatic N) is 1. The van der Waals surface area contributed by atoms with Gasteiger partial charge in [0, 0.05) is 18.5 Å². The second-order valence-corrected chi connectivity index (χ2v) is 8.16. The summed E-state index contributed by atoms with van der Waals surface area (Å²) in [5.74, 6) is 2.37. The Morgan fingerprint density at radius 1 is 0.875 bits per heavy atom. The van der Waals surface area contributed by atoms with Crippen molar-refractivity contribution in [2.75, 3.05) is 41.5 Å². The van der Waals surface area contributed by atoms with Gasteiger partial charge in [-0.1, -0.05) is 13.3 Å². The molecule has 0 spiro atoms. The lowest BCUT2D eigenvalue weighted by atomic mass is 9.86. The molecule has 0 radical (unpaired) electrons. The number of methoxy groups -OCH3 is 4. The summed E-state index contributed by atoms with van der Waals surface area (Å²) in [6, 6.07) is 5.96. The number of hydrogen-bond donors (Lipinski definition) is 0. The van der Waals surface area contributed by atoms with Gasteiger partial charge in [-0.2, -0.15) is 0 Å². The van der Waals surface area contributed by atoms with Crippen molar-refractivity contribution in [1.82, 2.24) is 4.90 Å². The Balaban J connectivity index is 2.13. The van der Waals surface area contributed by atoms with Crippen LogP contribution in [0.3, 0.4) is 0 Å². The Kier molecular flexibility index (Phi) is 6.42. The molecule has 0 saturated heterocycles. The molecule has 0 aromatic heterocycles. The molecule has 3 aromatic rings. The van der Waals surface area contributed by atoms with Crippen molar-refractivity contribution < 1.29 is 23.7 Å². The van der Waals surface area contributed by atoms with E-state index in [9.17, 15) is 4.79 Å². The number of carbonyl (C=O) groups excluding carboxylic acids is 1. The predicted octanol–water partition coefficient (Wildman–Crippen LogP) is 5.00. The second kappa shape index (κ2) is 9.25. The monoisotopic (exact) mass is 437 g/mol. The zero-order valence-electron chi connectivity index (χ0n) is 19.5. The third-order valence-electron chi connectivity index (χ3n) is 6.50. The summed E-state index contributed by atoms with van der Waals surface area (Å²) in [6.45, 7) is 5.14. The van der Waals surface area contributed by atoms with Gasteiger partial charge in [0.05, 0.1) is 34.0 Å². The number of benzene rings is 3. The highest BCUT2D eigenvalue weighted by Crippen LogP contribution is 2.49. The molecule has 1 aliphatic heterocycles. The van der Waals surface area contributed by atoms with Crippen LogP contribution in [0.2, 0.25) is 0 Å². The van der Waals surface area contributed by atoms with E-state index in [0.29, 0.717) is 28.6 Å². The van der Waals surface area contributed by atoms with Gasteiger partial charge in [0.1, 0.15) is 5.75 Å². The first-order chi connectivity index (χ1) is 15.6. The van der Waals surface area contributed by atoms with Crippen LogP contribution in [0.25, 0.3) is 21.5 Å². The van der Waals surface area contributed by atoms with E-state index in [2.05, 4.69) is 17.9 Å². The maximum Gasteiger partial charge on any atom is 0.203 e. The zero-order valence-corrected chi connectivity index (χ0v) is 19.5. The number of carbonyl (C=O) groups is 1. The van der Waals surface area contributed by atoms with E-state index in [4.69, 9.17) is 18.9 Å². The highest BCUT2D eigenvalue weighted by Gasteiger charge is 2.27. The molecule has 170 valence electrons. The maximum absolute atomic E-state index is 11.8. The first kappa shape index (κ1) is 22.2. The van der Waals surface area contributed by atoms with Crippen LogP contribution in [0.1, 0.15) is 41.3 Å². The predicted molar refractivity (Wildman–Crippen MR) is 127 cm³/mol. The van der Waals surface area contributed by atoms with Crippen molar-refractivity contribution in [2.24, 2.45) is 0 Å². The van der Waals surface area contributed by atoms with Gasteiger partial charge >= 0.3 is 0 Å². The van der Waals surface area contributed by atoms with Crippen molar-refractivity contribution in [3.05, 3.63) is 34.9 Å². The van der Waals surface area contributed by atoms with Crippen LogP contribution >= 0.6 is 0 Å². The fourth-order valence-corrected chi connectivity index (χ4v) is 4.92. The first-order valence-corrected chi connectivity index (χ1v) is 11.1. The number of hydrogen-bond acceptors (Lipinski definition) is 6. The third-order valence-corrected chi connectivity index (χ3v) is 6.50. The summed E-state index contributed by atoms with van der Waals surface area (Å²) in [6.07, 6.45) is 4.13. The molecule has 0 aliphatic carbocycles. The quantitative estimate of drug-likeness (QED) is 0.365. The molecule has 4 rings (SSSR count). The fourth-order valence-electron chi connectivity index (χ4n) is 4.92. The van der Waals surface area contributed by atoms with Crippen molar-refractivity contribution in [3.63, 3.8) is 0 Å². The Hall–Kier alpha value is -2.99. The minimum atomic E-state index is 0.546. The molecular weight excluding hydrogens is 406 g/mol. The van der Waals surface area contributed by atoms with Gasteiger partial charge in [-0.3, -0.25) is 9.69 Å². The van der Waals surface area contributed by atoms with E-state index in [1.165, 1.54) is 24.0 Å². The molecule has 1 aliphatic rings. The van der Waals surface area contributed by atoms with Crippen molar-refractivity contribution >= 4 is 27.8 Å². The van der Waals surface area contributed by atoms with Crippen LogP contribution in [0, 0.1) is 0 Å². The summed E-state index contributed by atoms with van der Waals surface area (Å²) < 4.78 is 22.8. The van der Waals surface area contributed by atoms with Gasteiger partial charge < -0.3 is 18.9 Å². The van der Waals surface area contributed by atoms with Gasteiger partial charge in [-0.15, -0.1) is 0 Å². The van der Waals surface area contributed by atoms with Crippen LogP contribution in [-0.2, 0) is 13.0 Å². The van der Waals surface area contributed by atoms with E-state index >= 15 is 0 Å². The number of fused-ring (bicyclic) bond motifs is 6. The average molecular weight is 438 g/mol. The van der Waals surface area contributed by atoms with Gasteiger partial charge in [0.25, 0.3) is 0 Å². The van der Waals surface area contributed by atoms with Gasteiger partial charge in [-0.25, -0.2) is 0 Å². The van der Waals surface area contributed by atoms with E-state index in [1.807, 2.05) is 12.1 Å². The van der Waals surface area contributed by atoms with Crippen LogP contribution < -0.4 is 18.9 Å².